The second-order valence-corrected chi connectivity index (χ2v) is 6.02. The van der Waals surface area contributed by atoms with Crippen LogP contribution in [0, 0.1) is 0 Å². The molecule has 0 amide bonds. The molecule has 1 N–H and O–H groups in total. The van der Waals surface area contributed by atoms with Gasteiger partial charge in [-0.2, -0.15) is 0 Å². The summed E-state index contributed by atoms with van der Waals surface area (Å²) in [6, 6.07) is 0. The second-order valence-electron chi connectivity index (χ2n) is 2.06. The summed E-state index contributed by atoms with van der Waals surface area (Å²) in [6.45, 7) is 0. The molecular formula is C7H8BrNOS3. The van der Waals surface area contributed by atoms with E-state index in [0.717, 1.165) is 14.2 Å². The maximum absolute atomic E-state index is 8.48. The number of rotatable bonds is 3. The van der Waals surface area contributed by atoms with Gasteiger partial charge in [-0.25, -0.2) is 0 Å². The van der Waals surface area contributed by atoms with Crippen molar-refractivity contribution in [2.75, 3.05) is 12.5 Å². The van der Waals surface area contributed by atoms with Crippen molar-refractivity contribution in [1.29, 1.82) is 0 Å². The Labute approximate surface area is 97.9 Å². The largest absolute Gasteiger partial charge is 0.411 e. The highest BCUT2D eigenvalue weighted by molar-refractivity contribution is 9.10. The molecule has 1 heterocycles. The Kier molecular flexibility index (Phi) is 4.64. The van der Waals surface area contributed by atoms with Gasteiger partial charge >= 0.3 is 0 Å². The molecule has 0 radical (unpaired) electrons. The van der Waals surface area contributed by atoms with E-state index < -0.39 is 0 Å². The van der Waals surface area contributed by atoms with Crippen LogP contribution >= 0.6 is 50.8 Å². The minimum Gasteiger partial charge on any atom is -0.411 e. The van der Waals surface area contributed by atoms with Gasteiger partial charge in [0.05, 0.1) is 19.1 Å². The molecule has 0 fully saturated rings. The fourth-order valence-corrected chi connectivity index (χ4v) is 4.75. The highest BCUT2D eigenvalue weighted by Crippen LogP contribution is 2.42. The van der Waals surface area contributed by atoms with Crippen LogP contribution in [0.25, 0.3) is 0 Å². The summed E-state index contributed by atoms with van der Waals surface area (Å²) < 4.78 is 3.39. The van der Waals surface area contributed by atoms with Crippen LogP contribution in [0.5, 0.6) is 0 Å². The van der Waals surface area contributed by atoms with Gasteiger partial charge < -0.3 is 5.21 Å². The van der Waals surface area contributed by atoms with Crippen molar-refractivity contribution >= 4 is 57.0 Å². The molecule has 0 bridgehead atoms. The van der Waals surface area contributed by atoms with Gasteiger partial charge in [0, 0.05) is 5.56 Å². The lowest BCUT2D eigenvalue weighted by Gasteiger charge is -1.92. The predicted molar refractivity (Wildman–Crippen MR) is 65.0 cm³/mol. The molecule has 13 heavy (non-hydrogen) atoms. The van der Waals surface area contributed by atoms with Crippen LogP contribution in [-0.4, -0.2) is 23.9 Å². The molecule has 1 rings (SSSR count). The van der Waals surface area contributed by atoms with E-state index in [1.54, 1.807) is 34.9 Å². The highest BCUT2D eigenvalue weighted by Gasteiger charge is 2.13. The van der Waals surface area contributed by atoms with E-state index in [1.165, 1.54) is 10.4 Å². The van der Waals surface area contributed by atoms with Gasteiger partial charge in [0.25, 0.3) is 0 Å². The number of thiophene rings is 1. The van der Waals surface area contributed by atoms with E-state index in [4.69, 9.17) is 5.21 Å². The third-order valence-electron chi connectivity index (χ3n) is 1.38. The zero-order valence-electron chi connectivity index (χ0n) is 7.07. The summed E-state index contributed by atoms with van der Waals surface area (Å²) >= 11 is 8.53. The van der Waals surface area contributed by atoms with E-state index in [0.29, 0.717) is 0 Å². The maximum atomic E-state index is 8.48. The van der Waals surface area contributed by atoms with Crippen LogP contribution in [0.4, 0.5) is 0 Å². The predicted octanol–water partition coefficient (Wildman–Crippen LogP) is 3.76. The van der Waals surface area contributed by atoms with Gasteiger partial charge in [-0.05, 0) is 28.4 Å². The molecule has 6 heteroatoms. The molecule has 0 aromatic carbocycles. The zero-order chi connectivity index (χ0) is 9.84. The van der Waals surface area contributed by atoms with E-state index in [-0.39, 0.29) is 0 Å². The smallest absolute Gasteiger partial charge is 0.0765 e. The minimum absolute atomic E-state index is 0.962. The molecule has 0 saturated carbocycles. The van der Waals surface area contributed by atoms with Crippen LogP contribution < -0.4 is 0 Å². The van der Waals surface area contributed by atoms with Crippen molar-refractivity contribution < 1.29 is 5.21 Å². The van der Waals surface area contributed by atoms with Crippen LogP contribution in [0.2, 0.25) is 0 Å². The molecule has 2 nitrogen and oxygen atoms in total. The minimum atomic E-state index is 0.962. The van der Waals surface area contributed by atoms with Gasteiger partial charge in [-0.3, -0.25) is 0 Å². The Hall–Kier alpha value is 0.350. The molecule has 0 unspecified atom stereocenters. The summed E-state index contributed by atoms with van der Waals surface area (Å²) in [7, 11) is 0. The second kappa shape index (κ2) is 5.29. The van der Waals surface area contributed by atoms with Crippen LogP contribution in [0.3, 0.4) is 0 Å². The lowest BCUT2D eigenvalue weighted by Crippen LogP contribution is -1.80. The Bertz CT molecular complexity index is 324. The summed E-state index contributed by atoms with van der Waals surface area (Å²) in [5, 5.41) is 11.5. The van der Waals surface area contributed by atoms with Crippen LogP contribution in [-0.2, 0) is 0 Å². The standard InChI is InChI=1S/C7H8BrNOS3/c1-11-6-4(3-9-10)5(8)7(12-2)13-6/h3,10H,1-2H3/b9-3-. The molecule has 72 valence electrons. The van der Waals surface area contributed by atoms with E-state index >= 15 is 0 Å². The molecule has 0 saturated heterocycles. The molecule has 0 aliphatic heterocycles. The summed E-state index contributed by atoms with van der Waals surface area (Å²) in [6.07, 6.45) is 5.50. The summed E-state index contributed by atoms with van der Waals surface area (Å²) in [5.74, 6) is 0. The van der Waals surface area contributed by atoms with Crippen molar-refractivity contribution in [2.24, 2.45) is 5.16 Å². The third-order valence-corrected chi connectivity index (χ3v) is 6.19. The lowest BCUT2D eigenvalue weighted by atomic mass is 10.4. The van der Waals surface area contributed by atoms with Gasteiger partial charge in [-0.15, -0.1) is 34.9 Å². The average molecular weight is 298 g/mol. The topological polar surface area (TPSA) is 32.6 Å². The fraction of sp³-hybridized carbons (Fsp3) is 0.286. The first-order valence-corrected chi connectivity index (χ1v) is 7.38. The number of halogens is 1. The SMILES string of the molecule is CSc1sc(SC)c(/C=N\O)c1Br. The molecule has 0 aliphatic rings. The van der Waals surface area contributed by atoms with Crippen molar-refractivity contribution in [3.8, 4) is 0 Å². The number of thioether (sulfide) groups is 2. The molecular weight excluding hydrogens is 290 g/mol. The molecule has 0 atom stereocenters. The quantitative estimate of drug-likeness (QED) is 0.399. The highest BCUT2D eigenvalue weighted by atomic mass is 79.9. The molecule has 0 aliphatic carbocycles. The first kappa shape index (κ1) is 11.4. The average Bonchev–Trinajstić information content (AvgIpc) is 2.45. The van der Waals surface area contributed by atoms with Gasteiger partial charge in [0.1, 0.15) is 0 Å². The molecule has 0 spiro atoms. The number of hydrogen-bond donors (Lipinski definition) is 1. The summed E-state index contributed by atoms with van der Waals surface area (Å²) in [5.41, 5.74) is 0.962. The maximum Gasteiger partial charge on any atom is 0.0765 e. The van der Waals surface area contributed by atoms with Gasteiger partial charge in [-0.1, -0.05) is 5.16 Å². The number of hydrogen-bond acceptors (Lipinski definition) is 5. The number of oxime groups is 1. The van der Waals surface area contributed by atoms with Gasteiger partial charge in [0.2, 0.25) is 0 Å². The first-order valence-electron chi connectivity index (χ1n) is 3.32. The summed E-state index contributed by atoms with van der Waals surface area (Å²) in [4.78, 5) is 0. The Morgan fingerprint density at radius 2 is 2.00 bits per heavy atom. The molecule has 1 aromatic rings. The Morgan fingerprint density at radius 1 is 1.38 bits per heavy atom. The van der Waals surface area contributed by atoms with Crippen molar-refractivity contribution in [1.82, 2.24) is 0 Å². The Morgan fingerprint density at radius 3 is 2.46 bits per heavy atom. The number of nitrogens with zero attached hydrogens (tertiary/aromatic N) is 1. The lowest BCUT2D eigenvalue weighted by molar-refractivity contribution is 0.322. The van der Waals surface area contributed by atoms with E-state index in [1.807, 2.05) is 12.5 Å². The fourth-order valence-electron chi connectivity index (χ4n) is 0.834. The molecule has 1 aromatic heterocycles. The third kappa shape index (κ3) is 2.43. The van der Waals surface area contributed by atoms with E-state index in [2.05, 4.69) is 21.1 Å². The van der Waals surface area contributed by atoms with Gasteiger partial charge in [0.15, 0.2) is 0 Å². The van der Waals surface area contributed by atoms with Crippen molar-refractivity contribution in [3.63, 3.8) is 0 Å². The first-order chi connectivity index (χ1) is 6.24. The van der Waals surface area contributed by atoms with Crippen LogP contribution in [0.15, 0.2) is 18.0 Å². The normalized spacial score (nSPS) is 11.3. The van der Waals surface area contributed by atoms with Crippen molar-refractivity contribution in [2.45, 2.75) is 8.42 Å². The Balaban J connectivity index is 3.20. The zero-order valence-corrected chi connectivity index (χ0v) is 11.1. The van der Waals surface area contributed by atoms with E-state index in [9.17, 15) is 0 Å². The monoisotopic (exact) mass is 297 g/mol. The van der Waals surface area contributed by atoms with Crippen LogP contribution in [0.1, 0.15) is 5.56 Å². The van der Waals surface area contributed by atoms with Crippen molar-refractivity contribution in [3.05, 3.63) is 10.0 Å².